The first-order chi connectivity index (χ1) is 11.1. The minimum atomic E-state index is -0.757. The van der Waals surface area contributed by atoms with E-state index < -0.39 is 11.4 Å². The van der Waals surface area contributed by atoms with Gasteiger partial charge in [0.05, 0.1) is 32.1 Å². The Labute approximate surface area is 152 Å². The van der Waals surface area contributed by atoms with E-state index in [-0.39, 0.29) is 0 Å². The Bertz CT molecular complexity index is 268. The highest BCUT2D eigenvalue weighted by atomic mass is 16.4. The van der Waals surface area contributed by atoms with Gasteiger partial charge in [-0.25, -0.2) is 0 Å². The summed E-state index contributed by atoms with van der Waals surface area (Å²) in [6.07, 6.45) is 12.6. The molecule has 0 saturated carbocycles. The molecule has 0 rings (SSSR count). The lowest BCUT2D eigenvalue weighted by Crippen LogP contribution is -2.46. The number of nitrogens with zero attached hydrogens (tertiary/aromatic N) is 1. The molecule has 0 aliphatic rings. The number of hydrogen-bond acceptors (Lipinski definition) is 1. The van der Waals surface area contributed by atoms with Crippen LogP contribution >= 0.6 is 0 Å². The molecule has 0 fully saturated rings. The van der Waals surface area contributed by atoms with E-state index in [1.54, 1.807) is 20.8 Å². The van der Waals surface area contributed by atoms with E-state index >= 15 is 0 Å². The molecule has 0 aromatic carbocycles. The van der Waals surface area contributed by atoms with Gasteiger partial charge in [0.1, 0.15) is 0 Å². The van der Waals surface area contributed by atoms with Crippen LogP contribution in [0.2, 0.25) is 0 Å². The molecule has 0 heterocycles. The van der Waals surface area contributed by atoms with Gasteiger partial charge < -0.3 is 9.59 Å². The summed E-state index contributed by atoms with van der Waals surface area (Å²) in [7, 11) is 2.49. The molecule has 0 unspecified atom stereocenters. The van der Waals surface area contributed by atoms with Crippen molar-refractivity contribution in [3.63, 3.8) is 0 Å². The van der Waals surface area contributed by atoms with Crippen LogP contribution in [0.15, 0.2) is 0 Å². The second-order valence-corrected chi connectivity index (χ2v) is 8.47. The lowest BCUT2D eigenvalue weighted by molar-refractivity contribution is -0.910. The van der Waals surface area contributed by atoms with Crippen molar-refractivity contribution in [2.45, 2.75) is 99.3 Å². The second-order valence-electron chi connectivity index (χ2n) is 8.47. The number of quaternary nitrogens is 1. The predicted molar refractivity (Wildman–Crippen MR) is 106 cm³/mol. The third-order valence-electron chi connectivity index (χ3n) is 4.55. The molecule has 0 spiro atoms. The van der Waals surface area contributed by atoms with Crippen molar-refractivity contribution in [3.8, 4) is 0 Å². The SMILES string of the molecule is CC(C)(C)C(=O)O.CCCCC[N+](C)(CCCCC)CCCCC. The minimum absolute atomic E-state index is 0.583. The highest BCUT2D eigenvalue weighted by Crippen LogP contribution is 2.13. The van der Waals surface area contributed by atoms with Gasteiger partial charge in [-0.05, 0) is 59.3 Å². The number of carboxylic acid groups (broad SMARTS) is 1. The normalized spacial score (nSPS) is 11.8. The predicted octanol–water partition coefficient (Wildman–Crippen LogP) is 6.12. The zero-order chi connectivity index (χ0) is 19.1. The standard InChI is InChI=1S/C16H36N.C5H10O2/c1-5-8-11-14-17(4,15-12-9-6-2)16-13-10-7-3;1-5(2,3)4(6)7/h5-16H2,1-4H3;1-3H3,(H,6,7)/q+1;. The monoisotopic (exact) mass is 344 g/mol. The van der Waals surface area contributed by atoms with Crippen LogP contribution < -0.4 is 0 Å². The van der Waals surface area contributed by atoms with Crippen molar-refractivity contribution in [1.82, 2.24) is 0 Å². The molecule has 0 aliphatic carbocycles. The molecule has 0 aromatic heterocycles. The van der Waals surface area contributed by atoms with Crippen LogP contribution in [0.3, 0.4) is 0 Å². The summed E-state index contributed by atoms with van der Waals surface area (Å²) in [6.45, 7) is 16.1. The van der Waals surface area contributed by atoms with E-state index in [2.05, 4.69) is 27.8 Å². The van der Waals surface area contributed by atoms with Gasteiger partial charge in [-0.3, -0.25) is 4.79 Å². The summed E-state index contributed by atoms with van der Waals surface area (Å²) in [6, 6.07) is 0. The number of rotatable bonds is 12. The molecular formula is C21H46NO2+. The van der Waals surface area contributed by atoms with Gasteiger partial charge in [0.15, 0.2) is 0 Å². The fourth-order valence-corrected chi connectivity index (χ4v) is 2.57. The Kier molecular flexibility index (Phi) is 15.8. The second kappa shape index (κ2) is 14.7. The maximum atomic E-state index is 10.0. The number of hydrogen-bond donors (Lipinski definition) is 1. The molecule has 0 amide bonds. The maximum Gasteiger partial charge on any atom is 0.308 e. The summed E-state index contributed by atoms with van der Waals surface area (Å²) >= 11 is 0. The van der Waals surface area contributed by atoms with E-state index in [0.29, 0.717) is 0 Å². The summed E-state index contributed by atoms with van der Waals surface area (Å²) in [5.41, 5.74) is -0.583. The lowest BCUT2D eigenvalue weighted by Gasteiger charge is -2.35. The molecule has 146 valence electrons. The Morgan fingerprint density at radius 1 is 0.750 bits per heavy atom. The van der Waals surface area contributed by atoms with Gasteiger partial charge in [0, 0.05) is 0 Å². The first-order valence-corrected chi connectivity index (χ1v) is 10.2. The molecule has 3 nitrogen and oxygen atoms in total. The van der Waals surface area contributed by atoms with E-state index in [4.69, 9.17) is 5.11 Å². The molecule has 3 heteroatoms. The zero-order valence-corrected chi connectivity index (χ0v) is 17.8. The average Bonchev–Trinajstić information content (AvgIpc) is 2.48. The minimum Gasteiger partial charge on any atom is -0.481 e. The Balaban J connectivity index is 0. The molecular weight excluding hydrogens is 298 g/mol. The molecule has 0 bridgehead atoms. The molecule has 0 radical (unpaired) electrons. The molecule has 24 heavy (non-hydrogen) atoms. The van der Waals surface area contributed by atoms with E-state index in [1.807, 2.05) is 0 Å². The summed E-state index contributed by atoms with van der Waals surface area (Å²) in [5, 5.41) is 8.25. The molecule has 0 atom stereocenters. The van der Waals surface area contributed by atoms with Crippen LogP contribution in [0, 0.1) is 5.41 Å². The van der Waals surface area contributed by atoms with Crippen molar-refractivity contribution in [1.29, 1.82) is 0 Å². The largest absolute Gasteiger partial charge is 0.481 e. The Morgan fingerprint density at radius 3 is 1.17 bits per heavy atom. The Hall–Kier alpha value is -0.570. The number of carboxylic acids is 1. The number of aliphatic carboxylic acids is 1. The molecule has 0 aliphatic heterocycles. The van der Waals surface area contributed by atoms with Crippen LogP contribution in [0.25, 0.3) is 0 Å². The first-order valence-electron chi connectivity index (χ1n) is 10.2. The molecule has 0 saturated heterocycles. The third-order valence-corrected chi connectivity index (χ3v) is 4.55. The third kappa shape index (κ3) is 16.3. The van der Waals surface area contributed by atoms with Crippen molar-refractivity contribution in [2.75, 3.05) is 26.7 Å². The van der Waals surface area contributed by atoms with Crippen LogP contribution in [-0.4, -0.2) is 42.2 Å². The first kappa shape index (κ1) is 25.7. The van der Waals surface area contributed by atoms with Crippen LogP contribution in [-0.2, 0) is 4.79 Å². The summed E-state index contributed by atoms with van der Waals surface area (Å²) in [4.78, 5) is 10.0. The van der Waals surface area contributed by atoms with Crippen molar-refractivity contribution < 1.29 is 14.4 Å². The van der Waals surface area contributed by atoms with Gasteiger partial charge in [0.25, 0.3) is 0 Å². The summed E-state index contributed by atoms with van der Waals surface area (Å²) < 4.78 is 1.33. The van der Waals surface area contributed by atoms with Crippen LogP contribution in [0.5, 0.6) is 0 Å². The van der Waals surface area contributed by atoms with Crippen LogP contribution in [0.1, 0.15) is 99.3 Å². The van der Waals surface area contributed by atoms with Crippen molar-refractivity contribution in [2.24, 2.45) is 5.41 Å². The van der Waals surface area contributed by atoms with Crippen LogP contribution in [0.4, 0.5) is 0 Å². The van der Waals surface area contributed by atoms with Gasteiger partial charge in [-0.2, -0.15) is 0 Å². The Morgan fingerprint density at radius 2 is 1.00 bits per heavy atom. The van der Waals surface area contributed by atoms with E-state index in [9.17, 15) is 4.79 Å². The van der Waals surface area contributed by atoms with Crippen molar-refractivity contribution in [3.05, 3.63) is 0 Å². The highest BCUT2D eigenvalue weighted by Gasteiger charge is 2.20. The number of unbranched alkanes of at least 4 members (excludes halogenated alkanes) is 6. The van der Waals surface area contributed by atoms with Gasteiger partial charge in [0.2, 0.25) is 0 Å². The van der Waals surface area contributed by atoms with E-state index in [0.717, 1.165) is 0 Å². The highest BCUT2D eigenvalue weighted by molar-refractivity contribution is 5.72. The zero-order valence-electron chi connectivity index (χ0n) is 17.8. The van der Waals surface area contributed by atoms with Gasteiger partial charge in [-0.1, -0.05) is 40.0 Å². The quantitative estimate of drug-likeness (QED) is 0.342. The van der Waals surface area contributed by atoms with E-state index in [1.165, 1.54) is 81.9 Å². The number of carbonyl (C=O) groups is 1. The van der Waals surface area contributed by atoms with Gasteiger partial charge >= 0.3 is 5.97 Å². The lowest BCUT2D eigenvalue weighted by atomic mass is 9.98. The summed E-state index contributed by atoms with van der Waals surface area (Å²) in [5.74, 6) is -0.757. The maximum absolute atomic E-state index is 10.0. The van der Waals surface area contributed by atoms with Crippen molar-refractivity contribution >= 4 is 5.97 Å². The topological polar surface area (TPSA) is 37.3 Å². The smallest absolute Gasteiger partial charge is 0.308 e. The van der Waals surface area contributed by atoms with Gasteiger partial charge in [-0.15, -0.1) is 0 Å². The molecule has 1 N–H and O–H groups in total. The fraction of sp³-hybridized carbons (Fsp3) is 0.952. The fourth-order valence-electron chi connectivity index (χ4n) is 2.57. The average molecular weight is 345 g/mol. The molecule has 0 aromatic rings.